The normalized spacial score (nSPS) is 10.2. The summed E-state index contributed by atoms with van der Waals surface area (Å²) >= 11 is 0. The smallest absolute Gasteiger partial charge is 0.398 e. The molecule has 0 aromatic heterocycles. The van der Waals surface area contributed by atoms with E-state index in [1.54, 1.807) is 54.6 Å². The topological polar surface area (TPSA) is 87.7 Å². The van der Waals surface area contributed by atoms with Crippen molar-refractivity contribution in [2.75, 3.05) is 16.9 Å². The molecule has 142 valence electrons. The third-order valence-corrected chi connectivity index (χ3v) is 3.57. The quantitative estimate of drug-likeness (QED) is 0.481. The number of nitrogens with zero attached hydrogens (tertiary/aromatic N) is 1. The Morgan fingerprint density at radius 3 is 2.15 bits per heavy atom. The molecule has 0 radical (unpaired) electrons. The van der Waals surface area contributed by atoms with Crippen LogP contribution in [-0.2, 0) is 14.3 Å². The lowest BCUT2D eigenvalue weighted by molar-refractivity contribution is -0.155. The number of hydrogen-bond donors (Lipinski definition) is 2. The fourth-order valence-corrected chi connectivity index (χ4v) is 2.11. The summed E-state index contributed by atoms with van der Waals surface area (Å²) in [5.74, 6) is -1.71. The summed E-state index contributed by atoms with van der Waals surface area (Å²) in [5.41, 5.74) is 3.25. The van der Waals surface area contributed by atoms with E-state index < -0.39 is 17.9 Å². The highest BCUT2D eigenvalue weighted by Crippen LogP contribution is 2.14. The summed E-state index contributed by atoms with van der Waals surface area (Å²) in [4.78, 5) is 36.7. The Hall–Kier alpha value is -3.35. The summed E-state index contributed by atoms with van der Waals surface area (Å²) in [7, 11) is 0. The Morgan fingerprint density at radius 1 is 0.963 bits per heavy atom. The third kappa shape index (κ3) is 6.47. The minimum atomic E-state index is -1.04. The first-order valence-corrected chi connectivity index (χ1v) is 8.66. The van der Waals surface area contributed by atoms with E-state index in [4.69, 9.17) is 4.74 Å². The van der Waals surface area contributed by atoms with Gasteiger partial charge in [0.05, 0.1) is 12.3 Å². The lowest BCUT2D eigenvalue weighted by Gasteiger charge is -2.23. The number of rotatable bonds is 5. The van der Waals surface area contributed by atoms with E-state index in [0.29, 0.717) is 23.7 Å². The van der Waals surface area contributed by atoms with Crippen molar-refractivity contribution in [3.63, 3.8) is 0 Å². The van der Waals surface area contributed by atoms with Crippen LogP contribution in [0.3, 0.4) is 0 Å². The number of urea groups is 1. The van der Waals surface area contributed by atoms with E-state index in [9.17, 15) is 14.4 Å². The van der Waals surface area contributed by atoms with Crippen LogP contribution in [-0.4, -0.2) is 24.5 Å². The molecule has 7 heteroatoms. The zero-order valence-corrected chi connectivity index (χ0v) is 15.3. The molecule has 2 N–H and O–H groups in total. The number of benzene rings is 2. The van der Waals surface area contributed by atoms with Crippen molar-refractivity contribution in [1.29, 1.82) is 0 Å². The van der Waals surface area contributed by atoms with Gasteiger partial charge in [-0.1, -0.05) is 50.2 Å². The fraction of sp³-hybridized carbons (Fsp3) is 0.250. The summed E-state index contributed by atoms with van der Waals surface area (Å²) in [5, 5.41) is 3.63. The van der Waals surface area contributed by atoms with Gasteiger partial charge in [0, 0.05) is 5.69 Å². The Bertz CT molecular complexity index is 763. The second-order valence-electron chi connectivity index (χ2n) is 6.23. The van der Waals surface area contributed by atoms with Gasteiger partial charge in [-0.25, -0.2) is 20.0 Å². The van der Waals surface area contributed by atoms with Crippen molar-refractivity contribution in [2.24, 2.45) is 5.92 Å². The number of esters is 1. The predicted molar refractivity (Wildman–Crippen MR) is 103 cm³/mol. The molecule has 0 unspecified atom stereocenters. The molecule has 2 aromatic carbocycles. The predicted octanol–water partition coefficient (Wildman–Crippen LogP) is 3.35. The van der Waals surface area contributed by atoms with Crippen LogP contribution in [0.2, 0.25) is 0 Å². The average molecular weight is 369 g/mol. The minimum Gasteiger partial charge on any atom is -0.458 e. The van der Waals surface area contributed by atoms with Gasteiger partial charge in [-0.3, -0.25) is 4.79 Å². The number of anilines is 2. The summed E-state index contributed by atoms with van der Waals surface area (Å²) in [6.07, 6.45) is 0.649. The van der Waals surface area contributed by atoms with Gasteiger partial charge in [0.15, 0.2) is 0 Å². The largest absolute Gasteiger partial charge is 0.458 e. The molecule has 2 aromatic rings. The molecule has 0 bridgehead atoms. The number of carbonyl (C=O) groups is 3. The number of hydrogen-bond acceptors (Lipinski definition) is 4. The van der Waals surface area contributed by atoms with Gasteiger partial charge in [-0.15, -0.1) is 0 Å². The number of amides is 3. The van der Waals surface area contributed by atoms with E-state index >= 15 is 0 Å². The maximum Gasteiger partial charge on any atom is 0.398 e. The molecule has 0 spiro atoms. The van der Waals surface area contributed by atoms with E-state index in [0.717, 1.165) is 5.01 Å². The van der Waals surface area contributed by atoms with Crippen molar-refractivity contribution in [3.8, 4) is 0 Å². The van der Waals surface area contributed by atoms with Crippen LogP contribution < -0.4 is 15.8 Å². The maximum atomic E-state index is 12.6. The van der Waals surface area contributed by atoms with E-state index in [2.05, 4.69) is 10.7 Å². The summed E-state index contributed by atoms with van der Waals surface area (Å²) in [6, 6.07) is 16.6. The number of para-hydroxylation sites is 2. The van der Waals surface area contributed by atoms with Gasteiger partial charge < -0.3 is 10.1 Å². The Morgan fingerprint density at radius 2 is 1.56 bits per heavy atom. The fourth-order valence-electron chi connectivity index (χ4n) is 2.11. The molecule has 0 saturated heterocycles. The minimum absolute atomic E-state index is 0.144. The Balaban J connectivity index is 2.07. The molecule has 0 saturated carbocycles. The zero-order chi connectivity index (χ0) is 19.6. The van der Waals surface area contributed by atoms with Crippen molar-refractivity contribution in [1.82, 2.24) is 5.43 Å². The highest BCUT2D eigenvalue weighted by Gasteiger charge is 2.23. The van der Waals surface area contributed by atoms with Gasteiger partial charge in [0.2, 0.25) is 0 Å². The second kappa shape index (κ2) is 9.96. The van der Waals surface area contributed by atoms with Crippen LogP contribution in [0, 0.1) is 5.92 Å². The van der Waals surface area contributed by atoms with Crippen LogP contribution in [0.15, 0.2) is 60.7 Å². The van der Waals surface area contributed by atoms with Crippen molar-refractivity contribution < 1.29 is 19.1 Å². The Labute approximate surface area is 158 Å². The van der Waals surface area contributed by atoms with Crippen LogP contribution in [0.25, 0.3) is 0 Å². The van der Waals surface area contributed by atoms with Gasteiger partial charge in [-0.2, -0.15) is 0 Å². The number of hydrazine groups is 1. The lowest BCUT2D eigenvalue weighted by atomic mass is 10.1. The highest BCUT2D eigenvalue weighted by molar-refractivity contribution is 6.33. The first kappa shape index (κ1) is 20.0. The van der Waals surface area contributed by atoms with Crippen LogP contribution in [0.4, 0.5) is 16.2 Å². The maximum absolute atomic E-state index is 12.6. The van der Waals surface area contributed by atoms with Gasteiger partial charge in [-0.05, 0) is 36.6 Å². The molecular formula is C20H23N3O4. The molecule has 7 nitrogen and oxygen atoms in total. The Kier molecular flexibility index (Phi) is 7.37. The number of carbonyl (C=O) groups excluding carboxylic acids is 3. The van der Waals surface area contributed by atoms with Crippen molar-refractivity contribution in [3.05, 3.63) is 60.7 Å². The van der Waals surface area contributed by atoms with Crippen LogP contribution >= 0.6 is 0 Å². The first-order valence-electron chi connectivity index (χ1n) is 8.66. The highest BCUT2D eigenvalue weighted by atomic mass is 16.5. The van der Waals surface area contributed by atoms with Crippen molar-refractivity contribution in [2.45, 2.75) is 20.3 Å². The molecular weight excluding hydrogens is 346 g/mol. The van der Waals surface area contributed by atoms with Gasteiger partial charge in [0.25, 0.3) is 0 Å². The molecule has 0 aliphatic rings. The molecule has 0 aliphatic heterocycles. The van der Waals surface area contributed by atoms with Crippen LogP contribution in [0.5, 0.6) is 0 Å². The molecule has 3 amide bonds. The molecule has 0 atom stereocenters. The van der Waals surface area contributed by atoms with E-state index in [1.165, 1.54) is 0 Å². The van der Waals surface area contributed by atoms with E-state index in [-0.39, 0.29) is 6.61 Å². The second-order valence-corrected chi connectivity index (χ2v) is 6.23. The molecule has 0 heterocycles. The third-order valence-electron chi connectivity index (χ3n) is 3.57. The van der Waals surface area contributed by atoms with Gasteiger partial charge in [0.1, 0.15) is 0 Å². The monoisotopic (exact) mass is 369 g/mol. The molecule has 27 heavy (non-hydrogen) atoms. The first-order chi connectivity index (χ1) is 13.0. The average Bonchev–Trinajstić information content (AvgIpc) is 2.66. The van der Waals surface area contributed by atoms with Crippen molar-refractivity contribution >= 4 is 29.3 Å². The van der Waals surface area contributed by atoms with Gasteiger partial charge >= 0.3 is 17.9 Å². The van der Waals surface area contributed by atoms with Crippen LogP contribution in [0.1, 0.15) is 20.3 Å². The molecule has 0 fully saturated rings. The number of ether oxygens (including phenoxy) is 1. The standard InChI is InChI=1S/C20H23N3O4/c1-15(2)13-14-27-19(25)18(24)22-23(17-11-7-4-8-12-17)20(26)21-16-9-5-3-6-10-16/h3-12,15H,13-14H2,1-2H3,(H,21,26)(H,22,24). The lowest BCUT2D eigenvalue weighted by Crippen LogP contribution is -2.51. The van der Waals surface area contributed by atoms with E-state index in [1.807, 2.05) is 19.9 Å². The molecule has 2 rings (SSSR count). The summed E-state index contributed by atoms with van der Waals surface area (Å²) in [6.45, 7) is 4.11. The summed E-state index contributed by atoms with van der Waals surface area (Å²) < 4.78 is 4.94. The zero-order valence-electron chi connectivity index (χ0n) is 15.3. The SMILES string of the molecule is CC(C)CCOC(=O)C(=O)NN(C(=O)Nc1ccccc1)c1ccccc1. The molecule has 0 aliphatic carbocycles. The number of nitrogens with one attached hydrogen (secondary N) is 2.